The second-order valence-corrected chi connectivity index (χ2v) is 6.78. The van der Waals surface area contributed by atoms with Gasteiger partial charge in [0.05, 0.1) is 48.3 Å². The summed E-state index contributed by atoms with van der Waals surface area (Å²) in [5.41, 5.74) is 1.93. The van der Waals surface area contributed by atoms with Gasteiger partial charge in [-0.2, -0.15) is 0 Å². The zero-order chi connectivity index (χ0) is 21.1. The Morgan fingerprint density at radius 1 is 1.13 bits per heavy atom. The molecule has 1 aliphatic heterocycles. The molecule has 0 unspecified atom stereocenters. The van der Waals surface area contributed by atoms with Crippen molar-refractivity contribution >= 4 is 34.2 Å². The second-order valence-electron chi connectivity index (χ2n) is 6.78. The van der Waals surface area contributed by atoms with Crippen LogP contribution in [0.25, 0.3) is 10.9 Å². The Morgan fingerprint density at radius 3 is 2.67 bits per heavy atom. The summed E-state index contributed by atoms with van der Waals surface area (Å²) in [5, 5.41) is 3.60. The van der Waals surface area contributed by atoms with Gasteiger partial charge >= 0.3 is 5.97 Å². The Bertz CT molecular complexity index is 1110. The number of methoxy groups -OCH3 is 1. The molecule has 0 atom stereocenters. The summed E-state index contributed by atoms with van der Waals surface area (Å²) in [6, 6.07) is 10.9. The summed E-state index contributed by atoms with van der Waals surface area (Å²) < 4.78 is 24.2. The minimum absolute atomic E-state index is 0.241. The molecular formula is C22H20FN3O4. The van der Waals surface area contributed by atoms with Gasteiger partial charge in [0.2, 0.25) is 0 Å². The monoisotopic (exact) mass is 409 g/mol. The van der Waals surface area contributed by atoms with Gasteiger partial charge in [0.25, 0.3) is 5.91 Å². The van der Waals surface area contributed by atoms with Crippen molar-refractivity contribution in [2.75, 3.05) is 38.7 Å². The molecule has 1 aliphatic rings. The molecule has 2 aromatic carbocycles. The van der Waals surface area contributed by atoms with Gasteiger partial charge in [0, 0.05) is 24.7 Å². The van der Waals surface area contributed by atoms with Crippen molar-refractivity contribution in [2.45, 2.75) is 0 Å². The first-order chi connectivity index (χ1) is 14.6. The molecule has 0 spiro atoms. The molecule has 0 aliphatic carbocycles. The van der Waals surface area contributed by atoms with Crippen molar-refractivity contribution in [1.82, 2.24) is 9.88 Å². The first-order valence-electron chi connectivity index (χ1n) is 9.48. The third-order valence-corrected chi connectivity index (χ3v) is 4.95. The average Bonchev–Trinajstić information content (AvgIpc) is 2.79. The zero-order valence-electron chi connectivity index (χ0n) is 16.4. The van der Waals surface area contributed by atoms with Crippen LogP contribution in [-0.2, 0) is 9.47 Å². The highest BCUT2D eigenvalue weighted by Gasteiger charge is 2.24. The van der Waals surface area contributed by atoms with E-state index < -0.39 is 11.8 Å². The van der Waals surface area contributed by atoms with Crippen molar-refractivity contribution < 1.29 is 23.5 Å². The average molecular weight is 409 g/mol. The van der Waals surface area contributed by atoms with E-state index in [-0.39, 0.29) is 11.5 Å². The summed E-state index contributed by atoms with van der Waals surface area (Å²) in [7, 11) is 1.30. The number of para-hydroxylation sites is 1. The Morgan fingerprint density at radius 2 is 1.90 bits per heavy atom. The van der Waals surface area contributed by atoms with E-state index >= 15 is 0 Å². The number of aromatic nitrogens is 1. The van der Waals surface area contributed by atoms with Gasteiger partial charge in [0.15, 0.2) is 0 Å². The smallest absolute Gasteiger partial charge is 0.339 e. The van der Waals surface area contributed by atoms with E-state index in [0.717, 1.165) is 0 Å². The summed E-state index contributed by atoms with van der Waals surface area (Å²) in [6.45, 7) is 1.82. The van der Waals surface area contributed by atoms with Gasteiger partial charge < -0.3 is 19.7 Å². The number of hydrogen-bond acceptors (Lipinski definition) is 6. The van der Waals surface area contributed by atoms with E-state index in [1.54, 1.807) is 35.2 Å². The number of nitrogens with one attached hydrogen (secondary N) is 1. The molecule has 1 fully saturated rings. The quantitative estimate of drug-likeness (QED) is 0.666. The molecule has 30 heavy (non-hydrogen) atoms. The number of hydrogen-bond donors (Lipinski definition) is 1. The lowest BCUT2D eigenvalue weighted by Crippen LogP contribution is -2.41. The molecule has 0 radical (unpaired) electrons. The number of amides is 1. The number of anilines is 2. The van der Waals surface area contributed by atoms with Crippen LogP contribution in [-0.4, -0.2) is 55.2 Å². The maximum absolute atomic E-state index is 14.1. The molecule has 0 saturated carbocycles. The number of nitrogens with zero attached hydrogens (tertiary/aromatic N) is 2. The highest BCUT2D eigenvalue weighted by molar-refractivity contribution is 6.09. The first-order valence-corrected chi connectivity index (χ1v) is 9.48. The van der Waals surface area contributed by atoms with E-state index in [2.05, 4.69) is 10.3 Å². The predicted molar refractivity (Wildman–Crippen MR) is 109 cm³/mol. The standard InChI is InChI=1S/C22H20FN3O4/c1-29-22(28)15-4-2-3-5-19(15)25-20-16-12-14(23)6-7-18(16)24-13-17(20)21(27)26-8-10-30-11-9-26/h2-7,12-13H,8-11H2,1H3,(H,24,25). The Balaban J connectivity index is 1.85. The van der Waals surface area contributed by atoms with Crippen LogP contribution < -0.4 is 5.32 Å². The van der Waals surface area contributed by atoms with Gasteiger partial charge in [-0.05, 0) is 30.3 Å². The number of esters is 1. The van der Waals surface area contributed by atoms with Gasteiger partial charge in [0.1, 0.15) is 5.82 Å². The van der Waals surface area contributed by atoms with Crippen LogP contribution in [0.15, 0.2) is 48.7 Å². The number of ether oxygens (including phenoxy) is 2. The summed E-state index contributed by atoms with van der Waals surface area (Å²) in [6.07, 6.45) is 1.47. The number of morpholine rings is 1. The van der Waals surface area contributed by atoms with Crippen LogP contribution in [0, 0.1) is 5.82 Å². The Kier molecular flexibility index (Phi) is 5.58. The maximum Gasteiger partial charge on any atom is 0.339 e. The van der Waals surface area contributed by atoms with Crippen LogP contribution in [0.1, 0.15) is 20.7 Å². The molecule has 1 amide bonds. The molecular weight excluding hydrogens is 389 g/mol. The molecule has 1 saturated heterocycles. The van der Waals surface area contributed by atoms with Crippen LogP contribution in [0.3, 0.4) is 0 Å². The van der Waals surface area contributed by atoms with Crippen LogP contribution in [0.2, 0.25) is 0 Å². The number of pyridine rings is 1. The highest BCUT2D eigenvalue weighted by Crippen LogP contribution is 2.32. The molecule has 4 rings (SSSR count). The maximum atomic E-state index is 14.1. The number of carbonyl (C=O) groups excluding carboxylic acids is 2. The normalized spacial score (nSPS) is 13.9. The molecule has 154 valence electrons. The van der Waals surface area contributed by atoms with Crippen LogP contribution in [0.4, 0.5) is 15.8 Å². The molecule has 0 bridgehead atoms. The van der Waals surface area contributed by atoms with Gasteiger partial charge in [-0.15, -0.1) is 0 Å². The molecule has 3 aromatic rings. The van der Waals surface area contributed by atoms with E-state index in [1.165, 1.54) is 25.4 Å². The topological polar surface area (TPSA) is 80.8 Å². The lowest BCUT2D eigenvalue weighted by molar-refractivity contribution is 0.0303. The van der Waals surface area contributed by atoms with Crippen molar-refractivity contribution in [3.63, 3.8) is 0 Å². The van der Waals surface area contributed by atoms with Crippen LogP contribution >= 0.6 is 0 Å². The molecule has 7 nitrogen and oxygen atoms in total. The fourth-order valence-electron chi connectivity index (χ4n) is 3.41. The zero-order valence-corrected chi connectivity index (χ0v) is 16.4. The van der Waals surface area contributed by atoms with Crippen molar-refractivity contribution in [3.8, 4) is 0 Å². The van der Waals surface area contributed by atoms with Crippen molar-refractivity contribution in [1.29, 1.82) is 0 Å². The summed E-state index contributed by atoms with van der Waals surface area (Å²) in [5.74, 6) is -1.22. The minimum Gasteiger partial charge on any atom is -0.465 e. The van der Waals surface area contributed by atoms with Crippen molar-refractivity contribution in [2.24, 2.45) is 0 Å². The van der Waals surface area contributed by atoms with Gasteiger partial charge in [-0.3, -0.25) is 9.78 Å². The Labute approximate surface area is 172 Å². The Hall–Kier alpha value is -3.52. The predicted octanol–water partition coefficient (Wildman–Crippen LogP) is 3.38. The SMILES string of the molecule is COC(=O)c1ccccc1Nc1c(C(=O)N2CCOCC2)cnc2ccc(F)cc12. The van der Waals surface area contributed by atoms with Crippen molar-refractivity contribution in [3.05, 3.63) is 65.6 Å². The number of rotatable bonds is 4. The first kappa shape index (κ1) is 19.8. The summed E-state index contributed by atoms with van der Waals surface area (Å²) >= 11 is 0. The van der Waals surface area contributed by atoms with Gasteiger partial charge in [-0.25, -0.2) is 9.18 Å². The van der Waals surface area contributed by atoms with E-state index in [0.29, 0.717) is 54.1 Å². The molecule has 1 aromatic heterocycles. The highest BCUT2D eigenvalue weighted by atomic mass is 19.1. The fraction of sp³-hybridized carbons (Fsp3) is 0.227. The third kappa shape index (κ3) is 3.81. The number of halogens is 1. The lowest BCUT2D eigenvalue weighted by atomic mass is 10.1. The summed E-state index contributed by atoms with van der Waals surface area (Å²) in [4.78, 5) is 31.4. The molecule has 2 heterocycles. The molecule has 8 heteroatoms. The lowest BCUT2D eigenvalue weighted by Gasteiger charge is -2.28. The second kappa shape index (κ2) is 8.46. The minimum atomic E-state index is -0.524. The number of fused-ring (bicyclic) bond motifs is 1. The van der Waals surface area contributed by atoms with Crippen LogP contribution in [0.5, 0.6) is 0 Å². The van der Waals surface area contributed by atoms with E-state index in [4.69, 9.17) is 9.47 Å². The van der Waals surface area contributed by atoms with Gasteiger partial charge in [-0.1, -0.05) is 12.1 Å². The largest absolute Gasteiger partial charge is 0.465 e. The fourth-order valence-corrected chi connectivity index (χ4v) is 3.41. The van der Waals surface area contributed by atoms with E-state index in [9.17, 15) is 14.0 Å². The molecule has 1 N–H and O–H groups in total. The number of carbonyl (C=O) groups is 2. The van der Waals surface area contributed by atoms with E-state index in [1.807, 2.05) is 0 Å². The third-order valence-electron chi connectivity index (χ3n) is 4.95. The number of benzene rings is 2.